The Morgan fingerprint density at radius 3 is 2.80 bits per heavy atom. The summed E-state index contributed by atoms with van der Waals surface area (Å²) >= 11 is 0. The minimum absolute atomic E-state index is 0.675. The van der Waals surface area contributed by atoms with Crippen LogP contribution in [0.15, 0.2) is 73.0 Å². The zero-order chi connectivity index (χ0) is 17.1. The Kier molecular flexibility index (Phi) is 4.17. The number of aromatic nitrogens is 3. The lowest BCUT2D eigenvalue weighted by atomic mass is 10.00. The molecule has 124 valence electrons. The van der Waals surface area contributed by atoms with Crippen LogP contribution in [0.25, 0.3) is 27.7 Å². The second-order valence-corrected chi connectivity index (χ2v) is 5.88. The first-order chi connectivity index (χ1) is 12.3. The summed E-state index contributed by atoms with van der Waals surface area (Å²) < 4.78 is 5.73. The molecule has 0 amide bonds. The molecule has 3 heterocycles. The maximum atomic E-state index is 5.73. The SMILES string of the molecule is CCOC1=CC=CC=C(c2c[nH]c3ncc(-c4ccncc4)cc23)C1. The van der Waals surface area contributed by atoms with E-state index in [0.717, 1.165) is 39.9 Å². The van der Waals surface area contributed by atoms with Crippen LogP contribution in [0.2, 0.25) is 0 Å². The smallest absolute Gasteiger partial charge is 0.137 e. The average molecular weight is 329 g/mol. The van der Waals surface area contributed by atoms with Crippen molar-refractivity contribution in [3.05, 3.63) is 78.6 Å². The number of nitrogens with zero attached hydrogens (tertiary/aromatic N) is 2. The number of nitrogens with one attached hydrogen (secondary N) is 1. The van der Waals surface area contributed by atoms with Gasteiger partial charge < -0.3 is 9.72 Å². The van der Waals surface area contributed by atoms with Crippen molar-refractivity contribution in [1.29, 1.82) is 0 Å². The number of hydrogen-bond acceptors (Lipinski definition) is 3. The van der Waals surface area contributed by atoms with Gasteiger partial charge in [0.2, 0.25) is 0 Å². The van der Waals surface area contributed by atoms with Gasteiger partial charge in [-0.2, -0.15) is 0 Å². The van der Waals surface area contributed by atoms with Crippen molar-refractivity contribution >= 4 is 16.6 Å². The molecule has 0 bridgehead atoms. The van der Waals surface area contributed by atoms with Crippen LogP contribution in [0.1, 0.15) is 18.9 Å². The molecule has 3 aromatic heterocycles. The molecule has 4 heteroatoms. The summed E-state index contributed by atoms with van der Waals surface area (Å²) in [4.78, 5) is 12.0. The standard InChI is InChI=1S/C21H19N3O/c1-2-25-18-6-4-3-5-16(11-18)20-14-24-21-19(20)12-17(13-23-21)15-7-9-22-10-8-15/h3-10,12-14H,2,11H2,1H3,(H,23,24). The van der Waals surface area contributed by atoms with Crippen molar-refractivity contribution in [2.45, 2.75) is 13.3 Å². The van der Waals surface area contributed by atoms with Crippen molar-refractivity contribution in [3.8, 4) is 11.1 Å². The van der Waals surface area contributed by atoms with E-state index in [1.54, 1.807) is 12.4 Å². The van der Waals surface area contributed by atoms with Crippen LogP contribution in [0.4, 0.5) is 0 Å². The monoisotopic (exact) mass is 329 g/mol. The molecule has 0 aliphatic heterocycles. The van der Waals surface area contributed by atoms with Gasteiger partial charge in [0.05, 0.1) is 6.61 Å². The molecule has 4 rings (SSSR count). The maximum absolute atomic E-state index is 5.73. The van der Waals surface area contributed by atoms with E-state index < -0.39 is 0 Å². The fourth-order valence-electron chi connectivity index (χ4n) is 3.08. The molecule has 25 heavy (non-hydrogen) atoms. The van der Waals surface area contributed by atoms with Gasteiger partial charge in [0.1, 0.15) is 11.4 Å². The van der Waals surface area contributed by atoms with Gasteiger partial charge in [-0.1, -0.05) is 18.2 Å². The van der Waals surface area contributed by atoms with Gasteiger partial charge in [0.15, 0.2) is 0 Å². The number of ether oxygens (including phenoxy) is 1. The molecule has 1 aliphatic rings. The molecule has 0 unspecified atom stereocenters. The number of aromatic amines is 1. The predicted molar refractivity (Wildman–Crippen MR) is 101 cm³/mol. The number of rotatable bonds is 4. The molecule has 1 N–H and O–H groups in total. The third-order valence-electron chi connectivity index (χ3n) is 4.28. The second-order valence-electron chi connectivity index (χ2n) is 5.88. The Balaban J connectivity index is 1.76. The molecule has 0 saturated carbocycles. The molecular formula is C21H19N3O. The van der Waals surface area contributed by atoms with Crippen LogP contribution >= 0.6 is 0 Å². The van der Waals surface area contributed by atoms with Crippen molar-refractivity contribution in [2.24, 2.45) is 0 Å². The van der Waals surface area contributed by atoms with E-state index >= 15 is 0 Å². The average Bonchev–Trinajstić information content (AvgIpc) is 2.94. The van der Waals surface area contributed by atoms with Crippen LogP contribution in [0.5, 0.6) is 0 Å². The Morgan fingerprint density at radius 2 is 1.96 bits per heavy atom. The van der Waals surface area contributed by atoms with Gasteiger partial charge in [-0.25, -0.2) is 4.98 Å². The highest BCUT2D eigenvalue weighted by molar-refractivity contribution is 5.93. The lowest BCUT2D eigenvalue weighted by Crippen LogP contribution is -1.93. The summed E-state index contributed by atoms with van der Waals surface area (Å²) in [5.41, 5.74) is 5.47. The first-order valence-corrected chi connectivity index (χ1v) is 8.42. The third kappa shape index (κ3) is 3.11. The molecule has 4 nitrogen and oxygen atoms in total. The minimum atomic E-state index is 0.675. The quantitative estimate of drug-likeness (QED) is 0.741. The Hall–Kier alpha value is -3.14. The molecule has 0 spiro atoms. The van der Waals surface area contributed by atoms with Gasteiger partial charge in [-0.3, -0.25) is 4.98 Å². The van der Waals surface area contributed by atoms with E-state index in [9.17, 15) is 0 Å². The van der Waals surface area contributed by atoms with E-state index in [4.69, 9.17) is 4.74 Å². The van der Waals surface area contributed by atoms with Crippen LogP contribution in [0, 0.1) is 0 Å². The summed E-state index contributed by atoms with van der Waals surface area (Å²) in [5.74, 6) is 0.982. The summed E-state index contributed by atoms with van der Waals surface area (Å²) in [5, 5.41) is 1.12. The van der Waals surface area contributed by atoms with E-state index in [1.165, 1.54) is 5.57 Å². The van der Waals surface area contributed by atoms with Crippen LogP contribution < -0.4 is 0 Å². The first kappa shape index (κ1) is 15.4. The van der Waals surface area contributed by atoms with Gasteiger partial charge in [0, 0.05) is 47.7 Å². The molecule has 0 saturated heterocycles. The highest BCUT2D eigenvalue weighted by Crippen LogP contribution is 2.32. The van der Waals surface area contributed by atoms with Crippen LogP contribution in [-0.4, -0.2) is 21.6 Å². The molecule has 0 atom stereocenters. The second kappa shape index (κ2) is 6.77. The normalized spacial score (nSPS) is 14.1. The summed E-state index contributed by atoms with van der Waals surface area (Å²) in [7, 11) is 0. The van der Waals surface area contributed by atoms with Crippen molar-refractivity contribution in [3.63, 3.8) is 0 Å². The van der Waals surface area contributed by atoms with Gasteiger partial charge in [-0.05, 0) is 42.3 Å². The van der Waals surface area contributed by atoms with Crippen molar-refractivity contribution in [2.75, 3.05) is 6.61 Å². The largest absolute Gasteiger partial charge is 0.498 e. The lowest BCUT2D eigenvalue weighted by molar-refractivity contribution is 0.225. The fraction of sp³-hybridized carbons (Fsp3) is 0.143. The van der Waals surface area contributed by atoms with E-state index in [0.29, 0.717) is 6.61 Å². The summed E-state index contributed by atoms with van der Waals surface area (Å²) in [6.07, 6.45) is 16.5. The van der Waals surface area contributed by atoms with Gasteiger partial charge in [0.25, 0.3) is 0 Å². The fourth-order valence-corrected chi connectivity index (χ4v) is 3.08. The predicted octanol–water partition coefficient (Wildman–Crippen LogP) is 4.89. The lowest BCUT2D eigenvalue weighted by Gasteiger charge is -2.10. The number of hydrogen-bond donors (Lipinski definition) is 1. The third-order valence-corrected chi connectivity index (χ3v) is 4.28. The van der Waals surface area contributed by atoms with Crippen molar-refractivity contribution in [1.82, 2.24) is 15.0 Å². The molecule has 0 fully saturated rings. The number of H-pyrrole nitrogens is 1. The Labute approximate surface area is 146 Å². The zero-order valence-corrected chi connectivity index (χ0v) is 14.1. The Morgan fingerprint density at radius 1 is 1.12 bits per heavy atom. The van der Waals surface area contributed by atoms with Crippen molar-refractivity contribution < 1.29 is 4.74 Å². The number of pyridine rings is 2. The van der Waals surface area contributed by atoms with Gasteiger partial charge >= 0.3 is 0 Å². The number of allylic oxidation sites excluding steroid dienone is 5. The topological polar surface area (TPSA) is 50.8 Å². The van der Waals surface area contributed by atoms with Crippen LogP contribution in [-0.2, 0) is 4.74 Å². The van der Waals surface area contributed by atoms with E-state index in [-0.39, 0.29) is 0 Å². The number of fused-ring (bicyclic) bond motifs is 1. The summed E-state index contributed by atoms with van der Waals surface area (Å²) in [6, 6.07) is 6.18. The maximum Gasteiger partial charge on any atom is 0.137 e. The highest BCUT2D eigenvalue weighted by Gasteiger charge is 2.13. The highest BCUT2D eigenvalue weighted by atomic mass is 16.5. The molecule has 0 radical (unpaired) electrons. The van der Waals surface area contributed by atoms with E-state index in [2.05, 4.69) is 33.2 Å². The molecule has 1 aliphatic carbocycles. The molecule has 0 aromatic carbocycles. The minimum Gasteiger partial charge on any atom is -0.498 e. The summed E-state index contributed by atoms with van der Waals surface area (Å²) in [6.45, 7) is 2.68. The van der Waals surface area contributed by atoms with Gasteiger partial charge in [-0.15, -0.1) is 0 Å². The molecule has 3 aromatic rings. The zero-order valence-electron chi connectivity index (χ0n) is 14.1. The molecular weight excluding hydrogens is 310 g/mol. The Bertz CT molecular complexity index is 981. The van der Waals surface area contributed by atoms with E-state index in [1.807, 2.05) is 43.6 Å². The van der Waals surface area contributed by atoms with Crippen LogP contribution in [0.3, 0.4) is 0 Å². The first-order valence-electron chi connectivity index (χ1n) is 8.42.